The number of nitrogens with one attached hydrogen (secondary N) is 1. The summed E-state index contributed by atoms with van der Waals surface area (Å²) in [5.41, 5.74) is 5.80. The van der Waals surface area contributed by atoms with Gasteiger partial charge in [0.2, 0.25) is 5.91 Å². The van der Waals surface area contributed by atoms with Crippen molar-refractivity contribution in [2.45, 2.75) is 26.2 Å². The molecule has 1 amide bonds. The topological polar surface area (TPSA) is 64.3 Å². The lowest BCUT2D eigenvalue weighted by Crippen LogP contribution is -2.35. The minimum Gasteiger partial charge on any atom is -0.372 e. The maximum Gasteiger partial charge on any atom is 0.246 e. The minimum atomic E-state index is -0.0295. The van der Waals surface area contributed by atoms with Crippen LogP contribution in [0.1, 0.15) is 26.2 Å². The molecular weight excluding hydrogens is 180 g/mol. The first-order valence-corrected chi connectivity index (χ1v) is 5.27. The zero-order chi connectivity index (χ0) is 10.4. The lowest BCUT2D eigenvalue weighted by Gasteiger charge is -2.13. The highest BCUT2D eigenvalue weighted by atomic mass is 16.5. The Balaban J connectivity index is 2.03. The fourth-order valence-corrected chi connectivity index (χ4v) is 1.28. The minimum absolute atomic E-state index is 0.0295. The molecule has 0 spiro atoms. The summed E-state index contributed by atoms with van der Waals surface area (Å²) in [5.74, 6) is -0.0295. The van der Waals surface area contributed by atoms with Crippen molar-refractivity contribution in [1.29, 1.82) is 0 Å². The maximum atomic E-state index is 11.2. The molecule has 82 valence electrons. The molecule has 0 aromatic heterocycles. The van der Waals surface area contributed by atoms with Gasteiger partial charge in [0.15, 0.2) is 0 Å². The third-order valence-corrected chi connectivity index (χ3v) is 2.63. The molecule has 0 saturated heterocycles. The van der Waals surface area contributed by atoms with Crippen LogP contribution in [-0.4, -0.2) is 32.2 Å². The van der Waals surface area contributed by atoms with Gasteiger partial charge in [-0.15, -0.1) is 0 Å². The van der Waals surface area contributed by atoms with Gasteiger partial charge in [-0.25, -0.2) is 0 Å². The second-order valence-corrected chi connectivity index (χ2v) is 4.03. The molecule has 1 aliphatic carbocycles. The highest BCUT2D eigenvalue weighted by molar-refractivity contribution is 5.77. The fourth-order valence-electron chi connectivity index (χ4n) is 1.28. The molecule has 0 atom stereocenters. The van der Waals surface area contributed by atoms with Gasteiger partial charge in [0.05, 0.1) is 0 Å². The largest absolute Gasteiger partial charge is 0.372 e. The second-order valence-electron chi connectivity index (χ2n) is 4.03. The molecular formula is C10H20N2O2. The van der Waals surface area contributed by atoms with Gasteiger partial charge >= 0.3 is 0 Å². The van der Waals surface area contributed by atoms with Crippen LogP contribution in [0.2, 0.25) is 0 Å². The fraction of sp³-hybridized carbons (Fsp3) is 0.900. The second kappa shape index (κ2) is 5.32. The lowest BCUT2D eigenvalue weighted by atomic mass is 10.1. The summed E-state index contributed by atoms with van der Waals surface area (Å²) in [6, 6.07) is 0. The molecule has 1 fully saturated rings. The summed E-state index contributed by atoms with van der Waals surface area (Å²) in [7, 11) is 0. The van der Waals surface area contributed by atoms with Crippen molar-refractivity contribution in [3.05, 3.63) is 0 Å². The summed E-state index contributed by atoms with van der Waals surface area (Å²) in [4.78, 5) is 11.2. The van der Waals surface area contributed by atoms with Crippen LogP contribution in [0.5, 0.6) is 0 Å². The van der Waals surface area contributed by atoms with Crippen molar-refractivity contribution in [1.82, 2.24) is 5.32 Å². The predicted molar refractivity (Wildman–Crippen MR) is 54.8 cm³/mol. The molecule has 4 heteroatoms. The Bertz CT molecular complexity index is 191. The average molecular weight is 200 g/mol. The van der Waals surface area contributed by atoms with Gasteiger partial charge in [0, 0.05) is 13.2 Å². The third-order valence-electron chi connectivity index (χ3n) is 2.63. The molecule has 4 nitrogen and oxygen atoms in total. The van der Waals surface area contributed by atoms with Crippen LogP contribution in [0.3, 0.4) is 0 Å². The zero-order valence-corrected chi connectivity index (χ0v) is 8.84. The monoisotopic (exact) mass is 200 g/mol. The first kappa shape index (κ1) is 11.5. The van der Waals surface area contributed by atoms with Gasteiger partial charge in [0.1, 0.15) is 6.61 Å². The smallest absolute Gasteiger partial charge is 0.246 e. The molecule has 1 saturated carbocycles. The van der Waals surface area contributed by atoms with E-state index in [1.807, 2.05) is 6.92 Å². The van der Waals surface area contributed by atoms with E-state index in [-0.39, 0.29) is 17.9 Å². The lowest BCUT2D eigenvalue weighted by molar-refractivity contribution is -0.125. The first-order valence-electron chi connectivity index (χ1n) is 5.27. The van der Waals surface area contributed by atoms with Crippen molar-refractivity contribution in [3.8, 4) is 0 Å². The van der Waals surface area contributed by atoms with E-state index in [4.69, 9.17) is 10.5 Å². The number of nitrogens with two attached hydrogens (primary N) is 1. The molecule has 0 heterocycles. The van der Waals surface area contributed by atoms with E-state index < -0.39 is 0 Å². The molecule has 0 aromatic rings. The summed E-state index contributed by atoms with van der Waals surface area (Å²) in [6.07, 6.45) is 3.22. The average Bonchev–Trinajstić information content (AvgIpc) is 2.96. The Kier molecular flexibility index (Phi) is 4.35. The molecule has 1 aliphatic rings. The van der Waals surface area contributed by atoms with Crippen LogP contribution in [0.25, 0.3) is 0 Å². The quantitative estimate of drug-likeness (QED) is 0.580. The van der Waals surface area contributed by atoms with Crippen molar-refractivity contribution < 1.29 is 9.53 Å². The maximum absolute atomic E-state index is 11.2. The Morgan fingerprint density at radius 3 is 2.79 bits per heavy atom. The Morgan fingerprint density at radius 2 is 2.29 bits per heavy atom. The van der Waals surface area contributed by atoms with Gasteiger partial charge in [-0.2, -0.15) is 0 Å². The molecule has 14 heavy (non-hydrogen) atoms. The Morgan fingerprint density at radius 1 is 1.57 bits per heavy atom. The summed E-state index contributed by atoms with van der Waals surface area (Å²) >= 11 is 0. The summed E-state index contributed by atoms with van der Waals surface area (Å²) in [6.45, 7) is 4.22. The number of carbonyl (C=O) groups is 1. The zero-order valence-electron chi connectivity index (χ0n) is 8.84. The molecule has 0 unspecified atom stereocenters. The molecule has 0 aliphatic heterocycles. The number of amides is 1. The van der Waals surface area contributed by atoms with E-state index in [2.05, 4.69) is 5.32 Å². The van der Waals surface area contributed by atoms with Gasteiger partial charge in [-0.1, -0.05) is 6.92 Å². The molecule has 3 N–H and O–H groups in total. The Hall–Kier alpha value is -0.610. The van der Waals surface area contributed by atoms with Crippen molar-refractivity contribution in [2.24, 2.45) is 11.1 Å². The number of hydrogen-bond donors (Lipinski definition) is 2. The van der Waals surface area contributed by atoms with E-state index in [1.165, 1.54) is 0 Å². The van der Waals surface area contributed by atoms with E-state index in [0.29, 0.717) is 19.7 Å². The third kappa shape index (κ3) is 3.64. The van der Waals surface area contributed by atoms with Gasteiger partial charge < -0.3 is 15.8 Å². The number of hydrogen-bond acceptors (Lipinski definition) is 3. The Labute approximate surface area is 85.2 Å². The molecule has 1 rings (SSSR count). The summed E-state index contributed by atoms with van der Waals surface area (Å²) in [5, 5.41) is 2.85. The van der Waals surface area contributed by atoms with Crippen LogP contribution >= 0.6 is 0 Å². The van der Waals surface area contributed by atoms with Crippen LogP contribution < -0.4 is 11.1 Å². The van der Waals surface area contributed by atoms with Crippen LogP contribution in [0.4, 0.5) is 0 Å². The highest BCUT2D eigenvalue weighted by Crippen LogP contribution is 2.43. The van der Waals surface area contributed by atoms with E-state index in [0.717, 1.165) is 19.3 Å². The van der Waals surface area contributed by atoms with Crippen LogP contribution in [-0.2, 0) is 9.53 Å². The van der Waals surface area contributed by atoms with Gasteiger partial charge in [-0.3, -0.25) is 4.79 Å². The van der Waals surface area contributed by atoms with E-state index >= 15 is 0 Å². The van der Waals surface area contributed by atoms with E-state index in [1.54, 1.807) is 0 Å². The SMILES string of the molecule is CCCOCC(=O)NCC1(CN)CC1. The van der Waals surface area contributed by atoms with Crippen molar-refractivity contribution >= 4 is 5.91 Å². The van der Waals surface area contributed by atoms with Gasteiger partial charge in [-0.05, 0) is 31.2 Å². The first-order chi connectivity index (χ1) is 6.72. The van der Waals surface area contributed by atoms with Crippen LogP contribution in [0, 0.1) is 5.41 Å². The van der Waals surface area contributed by atoms with Crippen molar-refractivity contribution in [2.75, 3.05) is 26.3 Å². The molecule has 0 radical (unpaired) electrons. The molecule has 0 aromatic carbocycles. The number of ether oxygens (including phenoxy) is 1. The number of rotatable bonds is 7. The van der Waals surface area contributed by atoms with Crippen LogP contribution in [0.15, 0.2) is 0 Å². The highest BCUT2D eigenvalue weighted by Gasteiger charge is 2.41. The predicted octanol–water partition coefficient (Wildman–Crippen LogP) is 0.268. The van der Waals surface area contributed by atoms with Crippen molar-refractivity contribution in [3.63, 3.8) is 0 Å². The summed E-state index contributed by atoms with van der Waals surface area (Å²) < 4.78 is 5.12. The van der Waals surface area contributed by atoms with E-state index in [9.17, 15) is 4.79 Å². The molecule has 0 bridgehead atoms. The number of carbonyl (C=O) groups excluding carboxylic acids is 1. The van der Waals surface area contributed by atoms with Gasteiger partial charge in [0.25, 0.3) is 0 Å². The normalized spacial score (nSPS) is 17.9. The standard InChI is InChI=1S/C10H20N2O2/c1-2-5-14-6-9(13)12-8-10(7-11)3-4-10/h2-8,11H2,1H3,(H,12,13).